The van der Waals surface area contributed by atoms with Gasteiger partial charge in [-0.3, -0.25) is 4.79 Å². The van der Waals surface area contributed by atoms with Crippen molar-refractivity contribution in [3.63, 3.8) is 0 Å². The van der Waals surface area contributed by atoms with Gasteiger partial charge in [0, 0.05) is 7.05 Å². The fraction of sp³-hybridized carbons (Fsp3) is 0.294. The maximum Gasteiger partial charge on any atom is 0.348 e. The molecule has 0 bridgehead atoms. The number of esters is 1. The number of amides is 1. The Bertz CT molecular complexity index is 695. The zero-order valence-corrected chi connectivity index (χ0v) is 14.2. The summed E-state index contributed by atoms with van der Waals surface area (Å²) in [6, 6.07) is 11.0. The summed E-state index contributed by atoms with van der Waals surface area (Å²) < 4.78 is 10.3. The maximum absolute atomic E-state index is 12.3. The van der Waals surface area contributed by atoms with Gasteiger partial charge in [-0.2, -0.15) is 0 Å². The molecule has 0 unspecified atom stereocenters. The van der Waals surface area contributed by atoms with Crippen LogP contribution < -0.4 is 4.74 Å². The molecule has 0 saturated carbocycles. The molecule has 0 aliphatic rings. The van der Waals surface area contributed by atoms with Crippen molar-refractivity contribution in [2.24, 2.45) is 0 Å². The lowest BCUT2D eigenvalue weighted by molar-refractivity contribution is 0.0606. The fourth-order valence-corrected chi connectivity index (χ4v) is 2.88. The summed E-state index contributed by atoms with van der Waals surface area (Å²) in [5, 5.41) is 0. The third-order valence-electron chi connectivity index (χ3n) is 3.24. The maximum atomic E-state index is 12.3. The Labute approximate surface area is 139 Å². The molecule has 0 spiro atoms. The highest BCUT2D eigenvalue weighted by Crippen LogP contribution is 2.19. The molecule has 2 rings (SSSR count). The van der Waals surface area contributed by atoms with E-state index in [0.717, 1.165) is 22.6 Å². The van der Waals surface area contributed by atoms with Crippen LogP contribution in [0.2, 0.25) is 0 Å². The molecule has 1 aromatic heterocycles. The first-order chi connectivity index (χ1) is 11.0. The molecule has 0 saturated heterocycles. The number of methoxy groups -OCH3 is 1. The Morgan fingerprint density at radius 1 is 1.17 bits per heavy atom. The molecule has 1 heterocycles. The second-order valence-corrected chi connectivity index (χ2v) is 6.13. The van der Waals surface area contributed by atoms with Crippen molar-refractivity contribution in [2.45, 2.75) is 6.92 Å². The van der Waals surface area contributed by atoms with E-state index >= 15 is 0 Å². The number of thiophene rings is 1. The molecule has 6 heteroatoms. The lowest BCUT2D eigenvalue weighted by Crippen LogP contribution is -2.30. The van der Waals surface area contributed by atoms with Crippen molar-refractivity contribution in [2.75, 3.05) is 27.3 Å². The van der Waals surface area contributed by atoms with Crippen molar-refractivity contribution in [1.82, 2.24) is 4.90 Å². The molecular formula is C17H19NO4S. The Kier molecular flexibility index (Phi) is 5.76. The average Bonchev–Trinajstić information content (AvgIpc) is 3.03. The number of ether oxygens (including phenoxy) is 2. The molecule has 0 aliphatic carbocycles. The molecule has 122 valence electrons. The number of rotatable bonds is 6. The van der Waals surface area contributed by atoms with Gasteiger partial charge in [-0.05, 0) is 36.8 Å². The zero-order chi connectivity index (χ0) is 16.8. The normalized spacial score (nSPS) is 10.2. The van der Waals surface area contributed by atoms with Gasteiger partial charge in [0.25, 0.3) is 5.91 Å². The second kappa shape index (κ2) is 7.78. The molecule has 5 nitrogen and oxygen atoms in total. The molecule has 0 N–H and O–H groups in total. The van der Waals surface area contributed by atoms with Crippen LogP contribution in [0.15, 0.2) is 36.4 Å². The van der Waals surface area contributed by atoms with E-state index in [1.165, 1.54) is 7.11 Å². The molecular weight excluding hydrogens is 314 g/mol. The highest BCUT2D eigenvalue weighted by molar-refractivity contribution is 7.15. The van der Waals surface area contributed by atoms with Crippen molar-refractivity contribution >= 4 is 23.2 Å². The van der Waals surface area contributed by atoms with Crippen LogP contribution in [-0.4, -0.2) is 44.1 Å². The number of hydrogen-bond acceptors (Lipinski definition) is 5. The first-order valence-corrected chi connectivity index (χ1v) is 7.96. The number of nitrogens with zero attached hydrogens (tertiary/aromatic N) is 1. The SMILES string of the molecule is COC(=O)c1ccc(C(=O)N(C)CCOc2cccc(C)c2)s1. The van der Waals surface area contributed by atoms with Crippen LogP contribution in [0, 0.1) is 6.92 Å². The minimum Gasteiger partial charge on any atom is -0.492 e. The van der Waals surface area contributed by atoms with Crippen LogP contribution >= 0.6 is 11.3 Å². The summed E-state index contributed by atoms with van der Waals surface area (Å²) in [5.41, 5.74) is 1.13. The van der Waals surface area contributed by atoms with Crippen LogP contribution in [0.25, 0.3) is 0 Å². The van der Waals surface area contributed by atoms with E-state index in [9.17, 15) is 9.59 Å². The lowest BCUT2D eigenvalue weighted by Gasteiger charge is -2.16. The summed E-state index contributed by atoms with van der Waals surface area (Å²) in [4.78, 5) is 26.2. The van der Waals surface area contributed by atoms with Crippen molar-refractivity contribution in [3.8, 4) is 5.75 Å². The Morgan fingerprint density at radius 2 is 1.91 bits per heavy atom. The van der Waals surface area contributed by atoms with Gasteiger partial charge in [-0.25, -0.2) is 4.79 Å². The predicted molar refractivity (Wildman–Crippen MR) is 89.3 cm³/mol. The third-order valence-corrected chi connectivity index (χ3v) is 4.29. The summed E-state index contributed by atoms with van der Waals surface area (Å²) >= 11 is 1.13. The molecule has 2 aromatic rings. The average molecular weight is 333 g/mol. The van der Waals surface area contributed by atoms with Crippen molar-refractivity contribution in [3.05, 3.63) is 51.7 Å². The van der Waals surface area contributed by atoms with E-state index in [1.54, 1.807) is 24.1 Å². The van der Waals surface area contributed by atoms with Crippen LogP contribution in [0.5, 0.6) is 5.75 Å². The summed E-state index contributed by atoms with van der Waals surface area (Å²) in [6.07, 6.45) is 0. The van der Waals surface area contributed by atoms with Crippen LogP contribution in [0.3, 0.4) is 0 Å². The largest absolute Gasteiger partial charge is 0.492 e. The van der Waals surface area contributed by atoms with E-state index in [-0.39, 0.29) is 5.91 Å². The monoisotopic (exact) mass is 333 g/mol. The predicted octanol–water partition coefficient (Wildman–Crippen LogP) is 2.99. The lowest BCUT2D eigenvalue weighted by atomic mass is 10.2. The van der Waals surface area contributed by atoms with Crippen molar-refractivity contribution < 1.29 is 19.1 Å². The number of aryl methyl sites for hydroxylation is 1. The Balaban J connectivity index is 1.87. The van der Waals surface area contributed by atoms with E-state index < -0.39 is 5.97 Å². The summed E-state index contributed by atoms with van der Waals surface area (Å²) in [7, 11) is 3.03. The number of benzene rings is 1. The van der Waals surface area contributed by atoms with Gasteiger partial charge in [0.15, 0.2) is 0 Å². The van der Waals surface area contributed by atoms with Crippen LogP contribution in [-0.2, 0) is 4.74 Å². The highest BCUT2D eigenvalue weighted by atomic mass is 32.1. The fourth-order valence-electron chi connectivity index (χ4n) is 1.96. The number of hydrogen-bond donors (Lipinski definition) is 0. The van der Waals surface area contributed by atoms with Gasteiger partial charge < -0.3 is 14.4 Å². The minimum atomic E-state index is -0.431. The van der Waals surface area contributed by atoms with E-state index in [0.29, 0.717) is 22.9 Å². The number of carbonyl (C=O) groups is 2. The number of carbonyl (C=O) groups excluding carboxylic acids is 2. The quantitative estimate of drug-likeness (QED) is 0.763. The van der Waals surface area contributed by atoms with Crippen molar-refractivity contribution in [1.29, 1.82) is 0 Å². The second-order valence-electron chi connectivity index (χ2n) is 5.05. The summed E-state index contributed by atoms with van der Waals surface area (Å²) in [5.74, 6) is 0.215. The van der Waals surface area contributed by atoms with Gasteiger partial charge in [-0.15, -0.1) is 11.3 Å². The van der Waals surface area contributed by atoms with E-state index in [4.69, 9.17) is 4.74 Å². The molecule has 0 atom stereocenters. The molecule has 0 radical (unpaired) electrons. The smallest absolute Gasteiger partial charge is 0.348 e. The van der Waals surface area contributed by atoms with Gasteiger partial charge in [-0.1, -0.05) is 12.1 Å². The van der Waals surface area contributed by atoms with Crippen LogP contribution in [0.4, 0.5) is 0 Å². The first-order valence-electron chi connectivity index (χ1n) is 7.14. The number of likely N-dealkylation sites (N-methyl/N-ethyl adjacent to an activating group) is 1. The summed E-state index contributed by atoms with van der Waals surface area (Å²) in [6.45, 7) is 2.86. The third kappa shape index (κ3) is 4.56. The molecule has 1 aromatic carbocycles. The van der Waals surface area contributed by atoms with Crippen LogP contribution in [0.1, 0.15) is 24.9 Å². The molecule has 23 heavy (non-hydrogen) atoms. The van der Waals surface area contributed by atoms with Gasteiger partial charge in [0.05, 0.1) is 18.5 Å². The Hall–Kier alpha value is -2.34. The standard InChI is InChI=1S/C17H19NO4S/c1-12-5-4-6-13(11-12)22-10-9-18(2)16(19)14-7-8-15(23-14)17(20)21-3/h4-8,11H,9-10H2,1-3H3. The van der Waals surface area contributed by atoms with E-state index in [2.05, 4.69) is 4.74 Å². The Morgan fingerprint density at radius 3 is 2.61 bits per heavy atom. The molecule has 0 aliphatic heterocycles. The van der Waals surface area contributed by atoms with Gasteiger partial charge >= 0.3 is 5.97 Å². The minimum absolute atomic E-state index is 0.141. The van der Waals surface area contributed by atoms with E-state index in [1.807, 2.05) is 31.2 Å². The highest BCUT2D eigenvalue weighted by Gasteiger charge is 2.17. The topological polar surface area (TPSA) is 55.8 Å². The van der Waals surface area contributed by atoms with Gasteiger partial charge in [0.1, 0.15) is 17.2 Å². The molecule has 0 fully saturated rings. The van der Waals surface area contributed by atoms with Gasteiger partial charge in [0.2, 0.25) is 0 Å². The molecule has 1 amide bonds. The first kappa shape index (κ1) is 17.0. The zero-order valence-electron chi connectivity index (χ0n) is 13.4.